The second-order valence-electron chi connectivity index (χ2n) is 5.06. The van der Waals surface area contributed by atoms with Crippen LogP contribution < -0.4 is 5.73 Å². The van der Waals surface area contributed by atoms with E-state index in [2.05, 4.69) is 4.98 Å². The molecular formula is C12H15N3O2. The fourth-order valence-corrected chi connectivity index (χ4v) is 1.79. The summed E-state index contributed by atoms with van der Waals surface area (Å²) in [5, 5.41) is 9.12. The molecule has 0 spiro atoms. The Bertz CT molecular complexity index is 594. The van der Waals surface area contributed by atoms with E-state index >= 15 is 0 Å². The first-order valence-corrected chi connectivity index (χ1v) is 5.32. The quantitative estimate of drug-likeness (QED) is 0.788. The summed E-state index contributed by atoms with van der Waals surface area (Å²) in [6.45, 7) is 5.95. The van der Waals surface area contributed by atoms with Crippen molar-refractivity contribution >= 4 is 17.2 Å². The van der Waals surface area contributed by atoms with Crippen LogP contribution in [0.2, 0.25) is 0 Å². The molecule has 0 saturated heterocycles. The molecule has 0 aromatic carbocycles. The number of hydrogen-bond donors (Lipinski definition) is 2. The van der Waals surface area contributed by atoms with E-state index in [1.165, 1.54) is 0 Å². The van der Waals surface area contributed by atoms with Crippen LogP contribution in [0.4, 0.5) is 5.69 Å². The van der Waals surface area contributed by atoms with E-state index in [1.54, 1.807) is 22.7 Å². The highest BCUT2D eigenvalue weighted by Crippen LogP contribution is 2.25. The third kappa shape index (κ3) is 1.84. The molecule has 3 N–H and O–H groups in total. The molecule has 2 aromatic heterocycles. The molecule has 2 aromatic rings. The minimum atomic E-state index is -1.03. The molecule has 0 aliphatic carbocycles. The number of hydrogen-bond acceptors (Lipinski definition) is 3. The van der Waals surface area contributed by atoms with Crippen molar-refractivity contribution in [1.29, 1.82) is 0 Å². The Morgan fingerprint density at radius 1 is 1.41 bits per heavy atom. The van der Waals surface area contributed by atoms with Gasteiger partial charge in [0.1, 0.15) is 5.82 Å². The van der Waals surface area contributed by atoms with Gasteiger partial charge in [-0.15, -0.1) is 0 Å². The third-order valence-corrected chi connectivity index (χ3v) is 2.53. The zero-order valence-electron chi connectivity index (χ0n) is 10.1. The van der Waals surface area contributed by atoms with Crippen molar-refractivity contribution in [3.05, 3.63) is 29.8 Å². The van der Waals surface area contributed by atoms with Crippen LogP contribution in [0.5, 0.6) is 0 Å². The van der Waals surface area contributed by atoms with Gasteiger partial charge in [-0.1, -0.05) is 20.8 Å². The fourth-order valence-electron chi connectivity index (χ4n) is 1.79. The van der Waals surface area contributed by atoms with E-state index < -0.39 is 5.97 Å². The van der Waals surface area contributed by atoms with E-state index in [4.69, 9.17) is 10.8 Å². The second kappa shape index (κ2) is 3.48. The Labute approximate surface area is 98.9 Å². The number of nitrogens with two attached hydrogens (primary N) is 1. The van der Waals surface area contributed by atoms with Crippen LogP contribution in [0.3, 0.4) is 0 Å². The lowest BCUT2D eigenvalue weighted by atomic mass is 9.96. The molecule has 0 amide bonds. The van der Waals surface area contributed by atoms with Gasteiger partial charge in [-0.25, -0.2) is 9.78 Å². The minimum absolute atomic E-state index is 0.0647. The van der Waals surface area contributed by atoms with Crippen LogP contribution >= 0.6 is 0 Å². The predicted octanol–water partition coefficient (Wildman–Crippen LogP) is 1.91. The highest BCUT2D eigenvalue weighted by Gasteiger charge is 2.24. The maximum Gasteiger partial charge on any atom is 0.356 e. The zero-order valence-corrected chi connectivity index (χ0v) is 10.1. The van der Waals surface area contributed by atoms with Gasteiger partial charge in [0.05, 0.1) is 5.52 Å². The summed E-state index contributed by atoms with van der Waals surface area (Å²) in [6, 6.07) is 3.36. The van der Waals surface area contributed by atoms with Gasteiger partial charge in [-0.05, 0) is 12.1 Å². The van der Waals surface area contributed by atoms with Crippen LogP contribution in [-0.2, 0) is 5.41 Å². The Balaban J connectivity index is 2.85. The SMILES string of the molecule is CC(C)(C)c1nc(C(=O)O)c2ccc(N)cn12. The van der Waals surface area contributed by atoms with Gasteiger partial charge < -0.3 is 15.2 Å². The largest absolute Gasteiger partial charge is 0.476 e. The number of fused-ring (bicyclic) bond motifs is 1. The van der Waals surface area contributed by atoms with Gasteiger partial charge in [0, 0.05) is 17.3 Å². The first-order valence-electron chi connectivity index (χ1n) is 5.32. The molecule has 90 valence electrons. The second-order valence-corrected chi connectivity index (χ2v) is 5.06. The predicted molar refractivity (Wildman–Crippen MR) is 65.3 cm³/mol. The molecule has 17 heavy (non-hydrogen) atoms. The summed E-state index contributed by atoms with van der Waals surface area (Å²) in [7, 11) is 0. The number of pyridine rings is 1. The molecule has 0 bridgehead atoms. The molecule has 0 atom stereocenters. The topological polar surface area (TPSA) is 80.6 Å². The number of anilines is 1. The summed E-state index contributed by atoms with van der Waals surface area (Å²) < 4.78 is 1.75. The van der Waals surface area contributed by atoms with Crippen molar-refractivity contribution in [2.75, 3.05) is 5.73 Å². The third-order valence-electron chi connectivity index (χ3n) is 2.53. The number of rotatable bonds is 1. The lowest BCUT2D eigenvalue weighted by Crippen LogP contribution is -2.16. The Hall–Kier alpha value is -2.04. The minimum Gasteiger partial charge on any atom is -0.476 e. The molecule has 0 aliphatic heterocycles. The molecule has 0 unspecified atom stereocenters. The molecule has 5 heteroatoms. The number of nitrogens with zero attached hydrogens (tertiary/aromatic N) is 2. The Morgan fingerprint density at radius 2 is 2.06 bits per heavy atom. The summed E-state index contributed by atoms with van der Waals surface area (Å²) >= 11 is 0. The molecular weight excluding hydrogens is 218 g/mol. The number of carboxylic acid groups (broad SMARTS) is 1. The normalized spacial score (nSPS) is 11.9. The standard InChI is InChI=1S/C12H15N3O2/c1-12(2,3)11-14-9(10(16)17)8-5-4-7(13)6-15(8)11/h4-6H,13H2,1-3H3,(H,16,17). The van der Waals surface area contributed by atoms with Crippen LogP contribution in [0, 0.1) is 0 Å². The molecule has 0 aliphatic rings. The van der Waals surface area contributed by atoms with Gasteiger partial charge in [0.2, 0.25) is 0 Å². The van der Waals surface area contributed by atoms with Crippen molar-refractivity contribution in [3.8, 4) is 0 Å². The van der Waals surface area contributed by atoms with Crippen LogP contribution in [0.1, 0.15) is 37.1 Å². The fraction of sp³-hybridized carbons (Fsp3) is 0.333. The summed E-state index contributed by atoms with van der Waals surface area (Å²) in [4.78, 5) is 15.3. The van der Waals surface area contributed by atoms with Gasteiger partial charge in [0.15, 0.2) is 5.69 Å². The molecule has 0 radical (unpaired) electrons. The maximum absolute atomic E-state index is 11.1. The van der Waals surface area contributed by atoms with E-state index in [0.717, 1.165) is 0 Å². The average molecular weight is 233 g/mol. The van der Waals surface area contributed by atoms with E-state index in [1.807, 2.05) is 20.8 Å². The first kappa shape index (κ1) is 11.4. The molecule has 0 saturated carbocycles. The highest BCUT2D eigenvalue weighted by atomic mass is 16.4. The maximum atomic E-state index is 11.1. The van der Waals surface area contributed by atoms with Crippen LogP contribution in [-0.4, -0.2) is 20.5 Å². The lowest BCUT2D eigenvalue weighted by molar-refractivity contribution is 0.0693. The number of carbonyl (C=O) groups is 1. The summed E-state index contributed by atoms with van der Waals surface area (Å²) in [5.41, 5.74) is 6.69. The lowest BCUT2D eigenvalue weighted by Gasteiger charge is -2.16. The number of aromatic nitrogens is 2. The average Bonchev–Trinajstić information content (AvgIpc) is 2.55. The molecule has 2 heterocycles. The number of carboxylic acids is 1. The van der Waals surface area contributed by atoms with E-state index in [0.29, 0.717) is 17.0 Å². The first-order chi connectivity index (χ1) is 7.80. The Morgan fingerprint density at radius 3 is 2.59 bits per heavy atom. The monoisotopic (exact) mass is 233 g/mol. The van der Waals surface area contributed by atoms with Crippen molar-refractivity contribution in [2.24, 2.45) is 0 Å². The van der Waals surface area contributed by atoms with Gasteiger partial charge in [0.25, 0.3) is 0 Å². The molecule has 5 nitrogen and oxygen atoms in total. The van der Waals surface area contributed by atoms with Gasteiger partial charge >= 0.3 is 5.97 Å². The summed E-state index contributed by atoms with van der Waals surface area (Å²) in [6.07, 6.45) is 1.70. The number of nitrogen functional groups attached to an aromatic ring is 1. The highest BCUT2D eigenvalue weighted by molar-refractivity contribution is 5.94. The Kier molecular flexibility index (Phi) is 2.34. The van der Waals surface area contributed by atoms with Crippen molar-refractivity contribution in [3.63, 3.8) is 0 Å². The zero-order chi connectivity index (χ0) is 12.8. The van der Waals surface area contributed by atoms with Gasteiger partial charge in [-0.3, -0.25) is 0 Å². The molecule has 0 fully saturated rings. The van der Waals surface area contributed by atoms with Gasteiger partial charge in [-0.2, -0.15) is 0 Å². The smallest absolute Gasteiger partial charge is 0.356 e. The van der Waals surface area contributed by atoms with Crippen molar-refractivity contribution in [1.82, 2.24) is 9.38 Å². The van der Waals surface area contributed by atoms with Crippen molar-refractivity contribution < 1.29 is 9.90 Å². The van der Waals surface area contributed by atoms with E-state index in [-0.39, 0.29) is 11.1 Å². The van der Waals surface area contributed by atoms with Crippen molar-refractivity contribution in [2.45, 2.75) is 26.2 Å². The van der Waals surface area contributed by atoms with Crippen LogP contribution in [0.15, 0.2) is 18.3 Å². The van der Waals surface area contributed by atoms with E-state index in [9.17, 15) is 4.79 Å². The number of aromatic carboxylic acids is 1. The summed E-state index contributed by atoms with van der Waals surface area (Å²) in [5.74, 6) is -0.333. The molecule has 2 rings (SSSR count). The number of imidazole rings is 1. The van der Waals surface area contributed by atoms with Crippen LogP contribution in [0.25, 0.3) is 5.52 Å².